The molecule has 9 nitrogen and oxygen atoms in total. The van der Waals surface area contributed by atoms with E-state index in [4.69, 9.17) is 12.2 Å². The molecule has 2 aromatic rings. The predicted molar refractivity (Wildman–Crippen MR) is 113 cm³/mol. The number of carbonyl (C=O) groups is 2. The lowest BCUT2D eigenvalue weighted by Crippen LogP contribution is -2.47. The molecule has 0 aliphatic carbocycles. The fourth-order valence-corrected chi connectivity index (χ4v) is 2.69. The largest absolute Gasteiger partial charge is 0.343 e. The second-order valence-corrected chi connectivity index (χ2v) is 6.49. The molecule has 0 saturated heterocycles. The van der Waals surface area contributed by atoms with Crippen LogP contribution in [0.25, 0.3) is 0 Å². The predicted octanol–water partition coefficient (Wildman–Crippen LogP) is 2.21. The van der Waals surface area contributed by atoms with Crippen LogP contribution >= 0.6 is 12.2 Å². The molecule has 152 valence electrons. The van der Waals surface area contributed by atoms with E-state index in [1.54, 1.807) is 0 Å². The number of nitro groups is 1. The standard InChI is InChI=1S/C19H21N5O4S/c1-3-13-7-4-6-12(2)17(13)21-19(29)23-22-16(25)11-20-18(26)14-8-5-9-15(10-14)24(27)28/h4-10H,3,11H2,1-2H3,(H,20,26)(H,22,25)(H2,21,23,29). The Labute approximate surface area is 173 Å². The van der Waals surface area contributed by atoms with Crippen molar-refractivity contribution >= 4 is 40.5 Å². The Balaban J connectivity index is 1.83. The Bertz CT molecular complexity index is 948. The van der Waals surface area contributed by atoms with E-state index in [1.165, 1.54) is 18.2 Å². The van der Waals surface area contributed by atoms with Crippen LogP contribution in [0.4, 0.5) is 11.4 Å². The van der Waals surface area contributed by atoms with Crippen molar-refractivity contribution in [1.82, 2.24) is 16.2 Å². The normalized spacial score (nSPS) is 10.0. The van der Waals surface area contributed by atoms with Crippen LogP contribution in [0.5, 0.6) is 0 Å². The first-order valence-corrected chi connectivity index (χ1v) is 9.19. The quantitative estimate of drug-likeness (QED) is 0.324. The van der Waals surface area contributed by atoms with Gasteiger partial charge in [0.2, 0.25) is 0 Å². The zero-order valence-corrected chi connectivity index (χ0v) is 16.8. The number of para-hydroxylation sites is 1. The van der Waals surface area contributed by atoms with E-state index in [2.05, 4.69) is 21.5 Å². The minimum Gasteiger partial charge on any atom is -0.343 e. The Kier molecular flexibility index (Phi) is 7.61. The van der Waals surface area contributed by atoms with Gasteiger partial charge in [-0.15, -0.1) is 0 Å². The first kappa shape index (κ1) is 21.8. The number of carbonyl (C=O) groups excluding carboxylic acids is 2. The molecule has 0 heterocycles. The summed E-state index contributed by atoms with van der Waals surface area (Å²) in [7, 11) is 0. The van der Waals surface area contributed by atoms with E-state index in [0.717, 1.165) is 29.3 Å². The highest BCUT2D eigenvalue weighted by molar-refractivity contribution is 7.80. The van der Waals surface area contributed by atoms with Crippen LogP contribution in [0.2, 0.25) is 0 Å². The number of non-ortho nitro benzene ring substituents is 1. The highest BCUT2D eigenvalue weighted by Gasteiger charge is 2.13. The molecule has 4 N–H and O–H groups in total. The lowest BCUT2D eigenvalue weighted by atomic mass is 10.1. The molecule has 10 heteroatoms. The maximum Gasteiger partial charge on any atom is 0.270 e. The molecule has 29 heavy (non-hydrogen) atoms. The van der Waals surface area contributed by atoms with Crippen molar-refractivity contribution in [2.45, 2.75) is 20.3 Å². The molecule has 2 aromatic carbocycles. The summed E-state index contributed by atoms with van der Waals surface area (Å²) in [6.07, 6.45) is 0.822. The second-order valence-electron chi connectivity index (χ2n) is 6.08. The van der Waals surface area contributed by atoms with Gasteiger partial charge >= 0.3 is 0 Å². The van der Waals surface area contributed by atoms with Gasteiger partial charge in [-0.3, -0.25) is 30.6 Å². The maximum absolute atomic E-state index is 12.0. The molecule has 0 aliphatic rings. The Hall–Kier alpha value is -3.53. The SMILES string of the molecule is CCc1cccc(C)c1NC(=S)NNC(=O)CNC(=O)c1cccc([N+](=O)[O-])c1. The third-order valence-corrected chi connectivity index (χ3v) is 4.23. The number of benzene rings is 2. The summed E-state index contributed by atoms with van der Waals surface area (Å²) in [6, 6.07) is 11.1. The number of hydrogen-bond donors (Lipinski definition) is 4. The van der Waals surface area contributed by atoms with Crippen molar-refractivity contribution in [3.05, 3.63) is 69.3 Å². The topological polar surface area (TPSA) is 125 Å². The average Bonchev–Trinajstić information content (AvgIpc) is 2.71. The molecule has 0 fully saturated rings. The van der Waals surface area contributed by atoms with Crippen LogP contribution in [0.15, 0.2) is 42.5 Å². The number of amides is 2. The van der Waals surface area contributed by atoms with Crippen LogP contribution < -0.4 is 21.5 Å². The number of rotatable bonds is 6. The van der Waals surface area contributed by atoms with E-state index in [9.17, 15) is 19.7 Å². The van der Waals surface area contributed by atoms with E-state index in [-0.39, 0.29) is 22.9 Å². The van der Waals surface area contributed by atoms with Gasteiger partial charge in [-0.25, -0.2) is 0 Å². The molecular formula is C19H21N5O4S. The summed E-state index contributed by atoms with van der Waals surface area (Å²) in [5, 5.41) is 16.4. The molecule has 0 aromatic heterocycles. The Morgan fingerprint density at radius 1 is 1.14 bits per heavy atom. The highest BCUT2D eigenvalue weighted by Crippen LogP contribution is 2.20. The molecule has 0 saturated carbocycles. The maximum atomic E-state index is 12.0. The molecule has 2 rings (SSSR count). The van der Waals surface area contributed by atoms with Crippen LogP contribution in [0.3, 0.4) is 0 Å². The van der Waals surface area contributed by atoms with E-state index >= 15 is 0 Å². The van der Waals surface area contributed by atoms with Gasteiger partial charge in [-0.1, -0.05) is 31.2 Å². The monoisotopic (exact) mass is 415 g/mol. The lowest BCUT2D eigenvalue weighted by Gasteiger charge is -2.16. The van der Waals surface area contributed by atoms with E-state index in [1.807, 2.05) is 32.0 Å². The van der Waals surface area contributed by atoms with Crippen LogP contribution in [-0.4, -0.2) is 28.4 Å². The summed E-state index contributed by atoms with van der Waals surface area (Å²) in [5.74, 6) is -1.13. The molecule has 0 spiro atoms. The van der Waals surface area contributed by atoms with Gasteiger partial charge in [-0.05, 0) is 42.8 Å². The van der Waals surface area contributed by atoms with Crippen molar-refractivity contribution in [2.75, 3.05) is 11.9 Å². The molecular weight excluding hydrogens is 394 g/mol. The third kappa shape index (κ3) is 6.25. The van der Waals surface area contributed by atoms with Crippen molar-refractivity contribution in [3.63, 3.8) is 0 Å². The first-order chi connectivity index (χ1) is 13.8. The number of nitrogens with zero attached hydrogens (tertiary/aromatic N) is 1. The fraction of sp³-hybridized carbons (Fsp3) is 0.211. The summed E-state index contributed by atoms with van der Waals surface area (Å²) in [4.78, 5) is 34.1. The van der Waals surface area contributed by atoms with Gasteiger partial charge in [0, 0.05) is 23.4 Å². The molecule has 0 bridgehead atoms. The molecule has 0 unspecified atom stereocenters. The molecule has 0 atom stereocenters. The number of thiocarbonyl (C=S) groups is 1. The van der Waals surface area contributed by atoms with Gasteiger partial charge < -0.3 is 10.6 Å². The summed E-state index contributed by atoms with van der Waals surface area (Å²) in [5.41, 5.74) is 7.82. The fourth-order valence-electron chi connectivity index (χ4n) is 2.54. The minimum atomic E-state index is -0.600. The van der Waals surface area contributed by atoms with Crippen LogP contribution in [0, 0.1) is 17.0 Å². The number of nitrogens with one attached hydrogen (secondary N) is 4. The van der Waals surface area contributed by atoms with Gasteiger partial charge in [-0.2, -0.15) is 0 Å². The van der Waals surface area contributed by atoms with Gasteiger partial charge in [0.25, 0.3) is 17.5 Å². The van der Waals surface area contributed by atoms with Gasteiger partial charge in [0.1, 0.15) is 0 Å². The van der Waals surface area contributed by atoms with Crippen molar-refractivity contribution in [2.24, 2.45) is 0 Å². The van der Waals surface area contributed by atoms with E-state index in [0.29, 0.717) is 0 Å². The zero-order chi connectivity index (χ0) is 21.4. The smallest absolute Gasteiger partial charge is 0.270 e. The molecule has 0 radical (unpaired) electrons. The number of anilines is 1. The highest BCUT2D eigenvalue weighted by atomic mass is 32.1. The van der Waals surface area contributed by atoms with Crippen molar-refractivity contribution in [3.8, 4) is 0 Å². The van der Waals surface area contributed by atoms with Gasteiger partial charge in [0.05, 0.1) is 11.5 Å². The Morgan fingerprint density at radius 2 is 1.86 bits per heavy atom. The van der Waals surface area contributed by atoms with Crippen LogP contribution in [-0.2, 0) is 11.2 Å². The number of nitro benzene ring substituents is 1. The van der Waals surface area contributed by atoms with Gasteiger partial charge in [0.15, 0.2) is 5.11 Å². The third-order valence-electron chi connectivity index (χ3n) is 4.02. The van der Waals surface area contributed by atoms with E-state index < -0.39 is 16.7 Å². The summed E-state index contributed by atoms with van der Waals surface area (Å²) >= 11 is 5.18. The first-order valence-electron chi connectivity index (χ1n) is 8.78. The van der Waals surface area contributed by atoms with Crippen molar-refractivity contribution in [1.29, 1.82) is 0 Å². The number of hydrazine groups is 1. The number of aryl methyl sites for hydroxylation is 2. The average molecular weight is 415 g/mol. The minimum absolute atomic E-state index is 0.0868. The summed E-state index contributed by atoms with van der Waals surface area (Å²) < 4.78 is 0. The Morgan fingerprint density at radius 3 is 2.55 bits per heavy atom. The zero-order valence-electron chi connectivity index (χ0n) is 15.9. The lowest BCUT2D eigenvalue weighted by molar-refractivity contribution is -0.384. The second kappa shape index (κ2) is 10.1. The van der Waals surface area contributed by atoms with Crippen LogP contribution in [0.1, 0.15) is 28.4 Å². The summed E-state index contributed by atoms with van der Waals surface area (Å²) in [6.45, 7) is 3.65. The molecule has 0 aliphatic heterocycles. The molecule has 2 amide bonds. The van der Waals surface area contributed by atoms with Crippen molar-refractivity contribution < 1.29 is 14.5 Å². The number of hydrogen-bond acceptors (Lipinski definition) is 5.